The summed E-state index contributed by atoms with van der Waals surface area (Å²) in [7, 11) is 1.84. The van der Waals surface area contributed by atoms with Crippen LogP contribution in [0.3, 0.4) is 0 Å². The number of rotatable bonds is 13. The van der Waals surface area contributed by atoms with Gasteiger partial charge in [0.15, 0.2) is 12.1 Å². The fraction of sp³-hybridized carbons (Fsp3) is 0.885. The van der Waals surface area contributed by atoms with Gasteiger partial charge in [-0.25, -0.2) is 0 Å². The number of carbonyl (C=O) groups excluding carboxylic acids is 1. The van der Waals surface area contributed by atoms with E-state index in [1.54, 1.807) is 19.2 Å². The molecule has 0 aromatic rings. The van der Waals surface area contributed by atoms with E-state index in [1.165, 1.54) is 57.4 Å². The zero-order valence-electron chi connectivity index (χ0n) is 22.9. The lowest BCUT2D eigenvalue weighted by molar-refractivity contribution is -0.368. The molecule has 0 radical (unpaired) electrons. The molecule has 0 saturated carbocycles. The number of amides is 1. The highest BCUT2D eigenvalue weighted by Crippen LogP contribution is 2.33. The van der Waals surface area contributed by atoms with Crippen molar-refractivity contribution >= 4 is 5.91 Å². The van der Waals surface area contributed by atoms with Gasteiger partial charge in [0.1, 0.15) is 24.4 Å². The fourth-order valence-electron chi connectivity index (χ4n) is 4.21. The number of halogens is 3. The zero-order chi connectivity index (χ0) is 28.1. The second-order valence-corrected chi connectivity index (χ2v) is 9.80. The van der Waals surface area contributed by atoms with Gasteiger partial charge in [-0.15, -0.1) is 6.58 Å². The number of aliphatic hydroxyl groups is 1. The van der Waals surface area contributed by atoms with Crippen molar-refractivity contribution in [1.82, 2.24) is 5.32 Å². The summed E-state index contributed by atoms with van der Waals surface area (Å²) in [6.45, 7) is 11.1. The summed E-state index contributed by atoms with van der Waals surface area (Å²) in [6, 6.07) is -1.46. The van der Waals surface area contributed by atoms with Crippen LogP contribution < -0.4 is 5.32 Å². The summed E-state index contributed by atoms with van der Waals surface area (Å²) in [5, 5.41) is 12.1. The molecule has 0 aromatic carbocycles. The minimum atomic E-state index is -5.10. The Morgan fingerprint density at radius 1 is 1.19 bits per heavy atom. The summed E-state index contributed by atoms with van der Waals surface area (Å²) in [4.78, 5) is 11.2. The van der Waals surface area contributed by atoms with E-state index in [0.717, 1.165) is 0 Å². The number of fused-ring (bicyclic) bond motifs is 1. The Kier molecular flexibility index (Phi) is 15.2. The molecule has 2 fully saturated rings. The van der Waals surface area contributed by atoms with Gasteiger partial charge in [-0.2, -0.15) is 13.2 Å². The fourth-order valence-corrected chi connectivity index (χ4v) is 4.21. The van der Waals surface area contributed by atoms with Gasteiger partial charge >= 0.3 is 12.1 Å². The third-order valence-electron chi connectivity index (χ3n) is 6.20. The smallest absolute Gasteiger partial charge is 0.388 e. The van der Waals surface area contributed by atoms with Crippen molar-refractivity contribution in [3.63, 3.8) is 0 Å². The van der Waals surface area contributed by atoms with Gasteiger partial charge in [0.2, 0.25) is 0 Å². The Morgan fingerprint density at radius 2 is 1.86 bits per heavy atom. The third-order valence-corrected chi connectivity index (χ3v) is 6.20. The highest BCUT2D eigenvalue weighted by Gasteiger charge is 2.53. The Bertz CT molecular complexity index is 663. The van der Waals surface area contributed by atoms with Crippen molar-refractivity contribution in [2.75, 3.05) is 20.3 Å². The van der Waals surface area contributed by atoms with Crippen LogP contribution in [0.5, 0.6) is 0 Å². The van der Waals surface area contributed by atoms with Crippen LogP contribution >= 0.6 is 0 Å². The first-order valence-electron chi connectivity index (χ1n) is 13.2. The molecule has 2 saturated heterocycles. The number of aliphatic hydroxyl groups excluding tert-OH is 1. The predicted octanol–water partition coefficient (Wildman–Crippen LogP) is 4.64. The van der Waals surface area contributed by atoms with Crippen LogP contribution in [-0.4, -0.2) is 80.0 Å². The maximum absolute atomic E-state index is 12.5. The molecule has 2 heterocycles. The van der Waals surface area contributed by atoms with E-state index in [-0.39, 0.29) is 13.2 Å². The Hall–Kier alpha value is -1.24. The first kappa shape index (κ1) is 33.8. The van der Waals surface area contributed by atoms with Crippen LogP contribution in [0.25, 0.3) is 0 Å². The van der Waals surface area contributed by atoms with Crippen molar-refractivity contribution in [3.8, 4) is 0 Å². The quantitative estimate of drug-likeness (QED) is 0.259. The number of methoxy groups -OCH3 is 1. The maximum atomic E-state index is 12.5. The first-order valence-corrected chi connectivity index (χ1v) is 13.2. The summed E-state index contributed by atoms with van der Waals surface area (Å²) in [5.74, 6) is -3.24. The first-order chi connectivity index (χ1) is 17.4. The normalized spacial score (nSPS) is 27.9. The molecule has 0 aliphatic carbocycles. The number of hydrogen-bond donors (Lipinski definition) is 2. The molecular weight excluding hydrogens is 495 g/mol. The van der Waals surface area contributed by atoms with E-state index in [9.17, 15) is 23.1 Å². The number of unbranched alkanes of at least 4 members (excludes halogenated alkanes) is 4. The van der Waals surface area contributed by atoms with Crippen LogP contribution in [0.2, 0.25) is 0 Å². The van der Waals surface area contributed by atoms with Gasteiger partial charge in [-0.3, -0.25) is 4.79 Å². The van der Waals surface area contributed by atoms with Gasteiger partial charge in [-0.05, 0) is 26.7 Å². The highest BCUT2D eigenvalue weighted by atomic mass is 19.4. The van der Waals surface area contributed by atoms with Gasteiger partial charge in [0.25, 0.3) is 0 Å². The minimum Gasteiger partial charge on any atom is -0.388 e. The minimum absolute atomic E-state index is 0.0413. The Morgan fingerprint density at radius 3 is 2.43 bits per heavy atom. The van der Waals surface area contributed by atoms with E-state index in [0.29, 0.717) is 6.10 Å². The second-order valence-electron chi connectivity index (χ2n) is 9.80. The summed E-state index contributed by atoms with van der Waals surface area (Å²) in [5.41, 5.74) is 0. The lowest BCUT2D eigenvalue weighted by Gasteiger charge is -2.49. The monoisotopic (exact) mass is 541 g/mol. The average molecular weight is 542 g/mol. The molecule has 1 amide bonds. The number of alkyl halides is 3. The van der Waals surface area contributed by atoms with Crippen LogP contribution in [0.4, 0.5) is 13.2 Å². The summed E-state index contributed by atoms with van der Waals surface area (Å²) < 4.78 is 64.7. The van der Waals surface area contributed by atoms with Gasteiger partial charge in [0.05, 0.1) is 19.3 Å². The van der Waals surface area contributed by atoms with Gasteiger partial charge < -0.3 is 34.1 Å². The summed E-state index contributed by atoms with van der Waals surface area (Å²) in [6.07, 6.45) is 2.86. The lowest BCUT2D eigenvalue weighted by Crippen LogP contribution is -2.69. The molecule has 218 valence electrons. The van der Waals surface area contributed by atoms with E-state index in [1.807, 2.05) is 7.11 Å². The van der Waals surface area contributed by atoms with Crippen molar-refractivity contribution in [2.45, 2.75) is 128 Å². The lowest BCUT2D eigenvalue weighted by atomic mass is 9.95. The predicted molar refractivity (Wildman–Crippen MR) is 133 cm³/mol. The molecular formula is C26H46F3NO7. The van der Waals surface area contributed by atoms with Crippen LogP contribution in [-0.2, 0) is 28.5 Å². The van der Waals surface area contributed by atoms with Crippen LogP contribution in [0.1, 0.15) is 79.1 Å². The van der Waals surface area contributed by atoms with Crippen LogP contribution in [0.15, 0.2) is 12.7 Å². The topological polar surface area (TPSA) is 95.5 Å². The molecule has 0 spiro atoms. The molecule has 2 aliphatic heterocycles. The molecule has 8 nitrogen and oxygen atoms in total. The number of hydrogen-bond acceptors (Lipinski definition) is 7. The van der Waals surface area contributed by atoms with Crippen molar-refractivity contribution < 1.29 is 46.8 Å². The second kappa shape index (κ2) is 16.7. The number of nitrogens with one attached hydrogen (secondary N) is 1. The SMILES string of the molecule is C=CCO[C@H]1O[C@@H]2COC(C)(C)O[C@H]2[C@H](O)[C@H]1NC(=O)C(F)(F)F.CCCCCCC[C@H](CCC)OC. The largest absolute Gasteiger partial charge is 0.471 e. The molecule has 2 N–H and O–H groups in total. The van der Waals surface area contributed by atoms with Crippen molar-refractivity contribution in [1.29, 1.82) is 0 Å². The molecule has 2 rings (SSSR count). The van der Waals surface area contributed by atoms with Gasteiger partial charge in [0, 0.05) is 7.11 Å². The molecule has 0 bridgehead atoms. The summed E-state index contributed by atoms with van der Waals surface area (Å²) >= 11 is 0. The highest BCUT2D eigenvalue weighted by molar-refractivity contribution is 5.82. The molecule has 11 heteroatoms. The Labute approximate surface area is 219 Å². The Balaban J connectivity index is 0.000000448. The molecule has 6 atom stereocenters. The number of carbonyl (C=O) groups is 1. The maximum Gasteiger partial charge on any atom is 0.471 e. The molecule has 37 heavy (non-hydrogen) atoms. The number of ether oxygens (including phenoxy) is 5. The third kappa shape index (κ3) is 12.0. The van der Waals surface area contributed by atoms with E-state index in [2.05, 4.69) is 20.4 Å². The van der Waals surface area contributed by atoms with Crippen molar-refractivity contribution in [3.05, 3.63) is 12.7 Å². The van der Waals surface area contributed by atoms with Crippen LogP contribution in [0, 0.1) is 0 Å². The molecule has 0 unspecified atom stereocenters. The standard InChI is InChI=1S/C14H20F3NO6.C12H26O/c1-4-5-21-11-8(18-12(20)14(15,16)17)9(19)10-7(23-11)6-22-13(2,3)24-10;1-4-6-7-8-9-11-12(13-3)10-5-2/h4,7-11,19H,1,5-6H2,2-3H3,(H,18,20);12H,4-11H2,1-3H3/t7-,8-,9-,10-,11+;12-/m10/s1. The van der Waals surface area contributed by atoms with Gasteiger partial charge in [-0.1, -0.05) is 58.4 Å². The van der Waals surface area contributed by atoms with E-state index < -0.39 is 48.5 Å². The van der Waals surface area contributed by atoms with E-state index in [4.69, 9.17) is 23.7 Å². The van der Waals surface area contributed by atoms with E-state index >= 15 is 0 Å². The molecule has 0 aromatic heterocycles. The molecule has 2 aliphatic rings. The average Bonchev–Trinajstić information content (AvgIpc) is 2.83. The zero-order valence-corrected chi connectivity index (χ0v) is 22.9. The van der Waals surface area contributed by atoms with Crippen molar-refractivity contribution in [2.24, 2.45) is 0 Å².